The molecule has 7 nitrogen and oxygen atoms in total. The number of piperazine rings is 1. The van der Waals surface area contributed by atoms with Gasteiger partial charge >= 0.3 is 0 Å². The molecule has 188 valence electrons. The SMILES string of the molecule is CN1CCN(Cc2ccc(N/C(=C3\C(=O)Nc4cc(F)ccc43)c3ccc4c(c3)OC=CO4)cc2)CC1. The molecule has 3 aromatic carbocycles. The largest absolute Gasteiger partial charge is 0.458 e. The minimum atomic E-state index is -0.406. The van der Waals surface area contributed by atoms with E-state index in [1.54, 1.807) is 12.1 Å². The first-order valence-electron chi connectivity index (χ1n) is 12.3. The van der Waals surface area contributed by atoms with Crippen LogP contribution in [0.25, 0.3) is 11.3 Å². The smallest absolute Gasteiger partial charge is 0.258 e. The zero-order chi connectivity index (χ0) is 25.4. The van der Waals surface area contributed by atoms with Gasteiger partial charge in [-0.15, -0.1) is 0 Å². The number of benzene rings is 3. The molecule has 3 aliphatic heterocycles. The molecule has 1 saturated heterocycles. The Balaban J connectivity index is 1.34. The summed E-state index contributed by atoms with van der Waals surface area (Å²) in [5.41, 5.74) is 4.91. The highest BCUT2D eigenvalue weighted by Crippen LogP contribution is 2.40. The van der Waals surface area contributed by atoms with Crippen molar-refractivity contribution < 1.29 is 18.7 Å². The van der Waals surface area contributed by atoms with Crippen molar-refractivity contribution in [2.24, 2.45) is 0 Å². The Hall–Kier alpha value is -4.14. The van der Waals surface area contributed by atoms with Crippen LogP contribution in [-0.2, 0) is 11.3 Å². The fourth-order valence-corrected chi connectivity index (χ4v) is 4.83. The number of amides is 1. The third-order valence-electron chi connectivity index (χ3n) is 6.88. The number of fused-ring (bicyclic) bond motifs is 2. The van der Waals surface area contributed by atoms with Crippen molar-refractivity contribution in [3.05, 3.63) is 95.7 Å². The Morgan fingerprint density at radius 2 is 1.70 bits per heavy atom. The Bertz CT molecular complexity index is 1410. The van der Waals surface area contributed by atoms with Crippen LogP contribution in [0, 0.1) is 5.82 Å². The van der Waals surface area contributed by atoms with Gasteiger partial charge in [0.15, 0.2) is 11.5 Å². The number of nitrogens with zero attached hydrogens (tertiary/aromatic N) is 2. The van der Waals surface area contributed by atoms with E-state index >= 15 is 0 Å². The molecule has 0 atom stereocenters. The first kappa shape index (κ1) is 23.3. The molecule has 1 fully saturated rings. The van der Waals surface area contributed by atoms with Crippen molar-refractivity contribution in [1.29, 1.82) is 0 Å². The zero-order valence-electron chi connectivity index (χ0n) is 20.5. The Kier molecular flexibility index (Phi) is 6.12. The average Bonchev–Trinajstić information content (AvgIpc) is 3.23. The quantitative estimate of drug-likeness (QED) is 0.495. The van der Waals surface area contributed by atoms with Crippen molar-refractivity contribution in [2.75, 3.05) is 43.9 Å². The van der Waals surface area contributed by atoms with E-state index in [9.17, 15) is 9.18 Å². The first-order chi connectivity index (χ1) is 18.0. The highest BCUT2D eigenvalue weighted by atomic mass is 19.1. The van der Waals surface area contributed by atoms with Crippen LogP contribution in [0.2, 0.25) is 0 Å². The lowest BCUT2D eigenvalue weighted by atomic mass is 9.99. The van der Waals surface area contributed by atoms with Crippen LogP contribution in [0.15, 0.2) is 73.2 Å². The standard InChI is InChI=1S/C29H27FN4O3/c1-33-10-12-34(13-11-33)18-19-2-6-22(7-3-19)31-28(20-4-9-25-26(16-20)37-15-14-36-25)27-23-8-5-21(30)17-24(23)32-29(27)35/h2-9,14-17,31H,10-13,18H2,1H3,(H,32,35)/b28-27-. The predicted octanol–water partition coefficient (Wildman–Crippen LogP) is 4.75. The molecule has 1 amide bonds. The number of halogens is 1. The number of carbonyl (C=O) groups excluding carboxylic acids is 1. The van der Waals surface area contributed by atoms with Crippen LogP contribution in [0.5, 0.6) is 11.5 Å². The highest BCUT2D eigenvalue weighted by molar-refractivity contribution is 6.37. The van der Waals surface area contributed by atoms with Gasteiger partial charge in [0.25, 0.3) is 5.91 Å². The van der Waals surface area contributed by atoms with Crippen LogP contribution in [0.1, 0.15) is 16.7 Å². The number of hydrogen-bond acceptors (Lipinski definition) is 6. The van der Waals surface area contributed by atoms with Crippen LogP contribution in [-0.4, -0.2) is 48.9 Å². The van der Waals surface area contributed by atoms with E-state index in [1.807, 2.05) is 24.3 Å². The fraction of sp³-hybridized carbons (Fsp3) is 0.207. The summed E-state index contributed by atoms with van der Waals surface area (Å²) in [6.45, 7) is 5.17. The van der Waals surface area contributed by atoms with E-state index in [4.69, 9.17) is 9.47 Å². The second-order valence-corrected chi connectivity index (χ2v) is 9.46. The molecule has 0 bridgehead atoms. The molecule has 3 aliphatic rings. The molecule has 0 aromatic heterocycles. The lowest BCUT2D eigenvalue weighted by Gasteiger charge is -2.32. The summed E-state index contributed by atoms with van der Waals surface area (Å²) < 4.78 is 25.0. The van der Waals surface area contributed by atoms with E-state index < -0.39 is 5.82 Å². The molecular formula is C29H27FN4O3. The second kappa shape index (κ2) is 9.72. The molecule has 2 N–H and O–H groups in total. The second-order valence-electron chi connectivity index (χ2n) is 9.46. The molecule has 0 unspecified atom stereocenters. The van der Waals surface area contributed by atoms with Gasteiger partial charge in [-0.05, 0) is 61.1 Å². The van der Waals surface area contributed by atoms with E-state index in [0.29, 0.717) is 34.0 Å². The number of anilines is 2. The van der Waals surface area contributed by atoms with E-state index in [-0.39, 0.29) is 5.91 Å². The molecule has 37 heavy (non-hydrogen) atoms. The average molecular weight is 499 g/mol. The van der Waals surface area contributed by atoms with Crippen molar-refractivity contribution in [2.45, 2.75) is 6.54 Å². The number of ether oxygens (including phenoxy) is 2. The maximum Gasteiger partial charge on any atom is 0.258 e. The number of rotatable bonds is 5. The molecule has 3 aromatic rings. The number of nitrogens with one attached hydrogen (secondary N) is 2. The van der Waals surface area contributed by atoms with Gasteiger partial charge in [-0.2, -0.15) is 0 Å². The monoisotopic (exact) mass is 498 g/mol. The van der Waals surface area contributed by atoms with Gasteiger partial charge in [0.2, 0.25) is 0 Å². The van der Waals surface area contributed by atoms with Gasteiger partial charge in [-0.3, -0.25) is 9.69 Å². The third kappa shape index (κ3) is 4.81. The van der Waals surface area contributed by atoms with E-state index in [1.165, 1.54) is 30.2 Å². The van der Waals surface area contributed by atoms with Crippen molar-refractivity contribution >= 4 is 28.6 Å². The molecule has 0 saturated carbocycles. The van der Waals surface area contributed by atoms with Crippen LogP contribution in [0.3, 0.4) is 0 Å². The minimum absolute atomic E-state index is 0.301. The van der Waals surface area contributed by atoms with Gasteiger partial charge in [0, 0.05) is 49.5 Å². The van der Waals surface area contributed by atoms with Gasteiger partial charge in [-0.1, -0.05) is 12.1 Å². The molecule has 0 radical (unpaired) electrons. The predicted molar refractivity (Wildman–Crippen MR) is 142 cm³/mol. The maximum absolute atomic E-state index is 13.9. The zero-order valence-corrected chi connectivity index (χ0v) is 20.5. The van der Waals surface area contributed by atoms with Crippen molar-refractivity contribution in [3.8, 4) is 11.5 Å². The normalized spacial score (nSPS) is 18.4. The summed E-state index contributed by atoms with van der Waals surface area (Å²) in [5, 5.41) is 6.25. The van der Waals surface area contributed by atoms with Crippen LogP contribution >= 0.6 is 0 Å². The fourth-order valence-electron chi connectivity index (χ4n) is 4.83. The molecule has 3 heterocycles. The first-order valence-corrected chi connectivity index (χ1v) is 12.3. The summed E-state index contributed by atoms with van der Waals surface area (Å²) in [6, 6.07) is 18.1. The van der Waals surface area contributed by atoms with Crippen LogP contribution < -0.4 is 20.1 Å². The number of carbonyl (C=O) groups is 1. The van der Waals surface area contributed by atoms with Gasteiger partial charge in [0.05, 0.1) is 17.0 Å². The number of likely N-dealkylation sites (N-methyl/N-ethyl adjacent to an activating group) is 1. The third-order valence-corrected chi connectivity index (χ3v) is 6.88. The Morgan fingerprint density at radius 1 is 0.946 bits per heavy atom. The Labute approximate surface area is 214 Å². The molecule has 0 spiro atoms. The van der Waals surface area contributed by atoms with E-state index in [2.05, 4.69) is 39.6 Å². The van der Waals surface area contributed by atoms with Gasteiger partial charge in [0.1, 0.15) is 18.3 Å². The van der Waals surface area contributed by atoms with E-state index in [0.717, 1.165) is 44.0 Å². The topological polar surface area (TPSA) is 66.1 Å². The molecular weight excluding hydrogens is 471 g/mol. The lowest BCUT2D eigenvalue weighted by Crippen LogP contribution is -2.43. The van der Waals surface area contributed by atoms with Crippen molar-refractivity contribution in [1.82, 2.24) is 9.80 Å². The number of hydrogen-bond donors (Lipinski definition) is 2. The minimum Gasteiger partial charge on any atom is -0.458 e. The molecule has 6 rings (SSSR count). The van der Waals surface area contributed by atoms with Gasteiger partial charge < -0.3 is 25.0 Å². The van der Waals surface area contributed by atoms with Crippen LogP contribution in [0.4, 0.5) is 15.8 Å². The summed E-state index contributed by atoms with van der Waals surface area (Å²) in [5.74, 6) is 0.420. The summed E-state index contributed by atoms with van der Waals surface area (Å²) in [7, 11) is 2.15. The molecule has 0 aliphatic carbocycles. The summed E-state index contributed by atoms with van der Waals surface area (Å²) in [4.78, 5) is 17.9. The summed E-state index contributed by atoms with van der Waals surface area (Å²) in [6.07, 6.45) is 2.93. The molecule has 8 heteroatoms. The highest BCUT2D eigenvalue weighted by Gasteiger charge is 2.29. The Morgan fingerprint density at radius 3 is 2.49 bits per heavy atom. The lowest BCUT2D eigenvalue weighted by molar-refractivity contribution is -0.110. The van der Waals surface area contributed by atoms with Crippen molar-refractivity contribution in [3.63, 3.8) is 0 Å². The summed E-state index contributed by atoms with van der Waals surface area (Å²) >= 11 is 0. The van der Waals surface area contributed by atoms with Gasteiger partial charge in [-0.25, -0.2) is 4.39 Å². The maximum atomic E-state index is 13.9.